The van der Waals surface area contributed by atoms with Gasteiger partial charge < -0.3 is 0 Å². The lowest BCUT2D eigenvalue weighted by Gasteiger charge is -2.10. The molecule has 32 heavy (non-hydrogen) atoms. The van der Waals surface area contributed by atoms with Gasteiger partial charge >= 0.3 is 0 Å². The van der Waals surface area contributed by atoms with Crippen LogP contribution < -0.4 is 4.72 Å². The van der Waals surface area contributed by atoms with Gasteiger partial charge in [0.25, 0.3) is 10.0 Å². The minimum absolute atomic E-state index is 0.188. The molecule has 0 spiro atoms. The average molecular weight is 443 g/mol. The molecule has 9 heteroatoms. The lowest BCUT2D eigenvalue weighted by atomic mass is 10.1. The van der Waals surface area contributed by atoms with Gasteiger partial charge in [0.1, 0.15) is 11.4 Å². The van der Waals surface area contributed by atoms with Crippen LogP contribution in [0.2, 0.25) is 0 Å². The SMILES string of the molecule is Cn1ccc(-c2cnc3ccc(-c4cncc(NS(=O)(=O)c5ccccc5)c4)cc3n2)n1. The molecule has 5 rings (SSSR count). The molecule has 0 aliphatic rings. The molecule has 0 unspecified atom stereocenters. The maximum atomic E-state index is 12.6. The van der Waals surface area contributed by atoms with E-state index in [9.17, 15) is 8.42 Å². The van der Waals surface area contributed by atoms with E-state index >= 15 is 0 Å². The summed E-state index contributed by atoms with van der Waals surface area (Å²) in [7, 11) is -1.85. The maximum Gasteiger partial charge on any atom is 0.261 e. The van der Waals surface area contributed by atoms with Crippen molar-refractivity contribution >= 4 is 26.7 Å². The van der Waals surface area contributed by atoms with Crippen molar-refractivity contribution < 1.29 is 8.42 Å². The van der Waals surface area contributed by atoms with Crippen LogP contribution in [0.1, 0.15) is 0 Å². The van der Waals surface area contributed by atoms with Crippen molar-refractivity contribution in [3.63, 3.8) is 0 Å². The fourth-order valence-corrected chi connectivity index (χ4v) is 4.39. The van der Waals surface area contributed by atoms with Gasteiger partial charge in [0, 0.05) is 25.0 Å². The number of fused-ring (bicyclic) bond motifs is 1. The van der Waals surface area contributed by atoms with Crippen LogP contribution in [0.5, 0.6) is 0 Å². The van der Waals surface area contributed by atoms with Crippen molar-refractivity contribution in [1.29, 1.82) is 0 Å². The van der Waals surface area contributed by atoms with E-state index in [4.69, 9.17) is 4.98 Å². The van der Waals surface area contributed by atoms with Gasteiger partial charge in [-0.15, -0.1) is 0 Å². The fraction of sp³-hybridized carbons (Fsp3) is 0.0435. The number of anilines is 1. The molecule has 3 heterocycles. The minimum Gasteiger partial charge on any atom is -0.278 e. The normalized spacial score (nSPS) is 11.5. The Labute approximate surface area is 184 Å². The third-order valence-corrected chi connectivity index (χ3v) is 6.29. The molecule has 158 valence electrons. The Kier molecular flexibility index (Phi) is 4.87. The van der Waals surface area contributed by atoms with E-state index in [0.717, 1.165) is 22.3 Å². The Morgan fingerprint density at radius 1 is 0.844 bits per heavy atom. The molecule has 0 fully saturated rings. The minimum atomic E-state index is -3.70. The Morgan fingerprint density at radius 3 is 2.47 bits per heavy atom. The zero-order chi connectivity index (χ0) is 22.1. The standard InChI is InChI=1S/C23H18N6O2S/c1-29-10-9-21(27-29)23-15-25-20-8-7-16(12-22(20)26-23)17-11-18(14-24-13-17)28-32(30,31)19-5-3-2-4-6-19/h2-15,28H,1H3. The number of hydrogen-bond donors (Lipinski definition) is 1. The molecule has 0 aliphatic heterocycles. The second-order valence-corrected chi connectivity index (χ2v) is 8.90. The second-order valence-electron chi connectivity index (χ2n) is 7.21. The van der Waals surface area contributed by atoms with Crippen molar-refractivity contribution in [2.75, 3.05) is 4.72 Å². The van der Waals surface area contributed by atoms with E-state index in [1.54, 1.807) is 53.5 Å². The highest BCUT2D eigenvalue weighted by molar-refractivity contribution is 7.92. The predicted molar refractivity (Wildman–Crippen MR) is 122 cm³/mol. The number of hydrogen-bond acceptors (Lipinski definition) is 6. The molecule has 0 atom stereocenters. The van der Waals surface area contributed by atoms with Crippen LogP contribution in [0, 0.1) is 0 Å². The summed E-state index contributed by atoms with van der Waals surface area (Å²) >= 11 is 0. The Morgan fingerprint density at radius 2 is 1.69 bits per heavy atom. The lowest BCUT2D eigenvalue weighted by molar-refractivity contribution is 0.601. The van der Waals surface area contributed by atoms with Gasteiger partial charge in [0.2, 0.25) is 0 Å². The smallest absolute Gasteiger partial charge is 0.261 e. The van der Waals surface area contributed by atoms with Crippen molar-refractivity contribution in [2.45, 2.75) is 4.90 Å². The third-order valence-electron chi connectivity index (χ3n) is 4.90. The van der Waals surface area contributed by atoms with Gasteiger partial charge in [-0.05, 0) is 42.0 Å². The first-order valence-corrected chi connectivity index (χ1v) is 11.3. The van der Waals surface area contributed by atoms with Crippen LogP contribution in [0.3, 0.4) is 0 Å². The molecule has 3 aromatic heterocycles. The van der Waals surface area contributed by atoms with E-state index in [0.29, 0.717) is 16.9 Å². The number of aromatic nitrogens is 5. The van der Waals surface area contributed by atoms with Crippen LogP contribution in [0.25, 0.3) is 33.5 Å². The number of nitrogens with zero attached hydrogens (tertiary/aromatic N) is 5. The summed E-state index contributed by atoms with van der Waals surface area (Å²) in [6, 6.07) is 17.5. The fourth-order valence-electron chi connectivity index (χ4n) is 3.33. The van der Waals surface area contributed by atoms with E-state index in [-0.39, 0.29) is 4.90 Å². The molecule has 0 bridgehead atoms. The van der Waals surface area contributed by atoms with Crippen LogP contribution in [0.15, 0.2) is 90.3 Å². The zero-order valence-corrected chi connectivity index (χ0v) is 17.9. The van der Waals surface area contributed by atoms with Gasteiger partial charge in [-0.1, -0.05) is 24.3 Å². The molecule has 1 N–H and O–H groups in total. The first kappa shape index (κ1) is 19.8. The summed E-state index contributed by atoms with van der Waals surface area (Å²) in [6.45, 7) is 0. The monoisotopic (exact) mass is 442 g/mol. The molecule has 0 saturated carbocycles. The van der Waals surface area contributed by atoms with Crippen molar-refractivity contribution in [1.82, 2.24) is 24.7 Å². The highest BCUT2D eigenvalue weighted by atomic mass is 32.2. The van der Waals surface area contributed by atoms with E-state index < -0.39 is 10.0 Å². The van der Waals surface area contributed by atoms with Crippen LogP contribution in [-0.4, -0.2) is 33.2 Å². The lowest BCUT2D eigenvalue weighted by Crippen LogP contribution is -2.12. The highest BCUT2D eigenvalue weighted by Crippen LogP contribution is 2.26. The second kappa shape index (κ2) is 7.86. The molecule has 0 aliphatic carbocycles. The van der Waals surface area contributed by atoms with Gasteiger partial charge in [-0.3, -0.25) is 19.4 Å². The molecule has 0 saturated heterocycles. The summed E-state index contributed by atoms with van der Waals surface area (Å²) in [5.74, 6) is 0. The van der Waals surface area contributed by atoms with Gasteiger partial charge in [-0.2, -0.15) is 5.10 Å². The van der Waals surface area contributed by atoms with E-state index in [1.807, 2.05) is 37.5 Å². The van der Waals surface area contributed by atoms with Crippen molar-refractivity contribution in [3.05, 3.63) is 85.5 Å². The summed E-state index contributed by atoms with van der Waals surface area (Å²) in [5.41, 5.74) is 4.86. The van der Waals surface area contributed by atoms with Gasteiger partial charge in [0.05, 0.1) is 34.0 Å². The number of benzene rings is 2. The van der Waals surface area contributed by atoms with Gasteiger partial charge in [0.15, 0.2) is 0 Å². The Balaban J connectivity index is 1.48. The molecular formula is C23H18N6O2S. The number of nitrogens with one attached hydrogen (secondary N) is 1. The average Bonchev–Trinajstić information content (AvgIpc) is 3.25. The van der Waals surface area contributed by atoms with Gasteiger partial charge in [-0.25, -0.2) is 13.4 Å². The summed E-state index contributed by atoms with van der Waals surface area (Å²) in [5, 5.41) is 4.38. The van der Waals surface area contributed by atoms with Crippen LogP contribution in [0.4, 0.5) is 5.69 Å². The third kappa shape index (κ3) is 3.93. The predicted octanol–water partition coefficient (Wildman–Crippen LogP) is 3.89. The van der Waals surface area contributed by atoms with Crippen molar-refractivity contribution in [2.24, 2.45) is 7.05 Å². The van der Waals surface area contributed by atoms with Crippen LogP contribution >= 0.6 is 0 Å². The summed E-state index contributed by atoms with van der Waals surface area (Å²) < 4.78 is 29.6. The Bertz CT molecular complexity index is 1530. The number of rotatable bonds is 5. The molecule has 8 nitrogen and oxygen atoms in total. The summed E-state index contributed by atoms with van der Waals surface area (Å²) in [4.78, 5) is 13.6. The van der Waals surface area contributed by atoms with Crippen LogP contribution in [-0.2, 0) is 17.1 Å². The van der Waals surface area contributed by atoms with E-state index in [2.05, 4.69) is 19.8 Å². The topological polar surface area (TPSA) is 103 Å². The molecule has 0 amide bonds. The maximum absolute atomic E-state index is 12.6. The first-order valence-electron chi connectivity index (χ1n) is 9.78. The first-order chi connectivity index (χ1) is 15.5. The Hall–Kier alpha value is -4.11. The zero-order valence-electron chi connectivity index (χ0n) is 17.0. The van der Waals surface area contributed by atoms with E-state index in [1.165, 1.54) is 6.20 Å². The quantitative estimate of drug-likeness (QED) is 0.443. The van der Waals surface area contributed by atoms with Crippen molar-refractivity contribution in [3.8, 4) is 22.5 Å². The summed E-state index contributed by atoms with van der Waals surface area (Å²) in [6.07, 6.45) is 6.71. The molecule has 2 aromatic carbocycles. The molecule has 0 radical (unpaired) electrons. The highest BCUT2D eigenvalue weighted by Gasteiger charge is 2.14. The number of sulfonamides is 1. The molecule has 5 aromatic rings. The molecular weight excluding hydrogens is 424 g/mol. The number of pyridine rings is 1. The largest absolute Gasteiger partial charge is 0.278 e. The number of aryl methyl sites for hydroxylation is 1.